The molecule has 1 saturated heterocycles. The van der Waals surface area contributed by atoms with E-state index in [0.29, 0.717) is 24.5 Å². The van der Waals surface area contributed by atoms with Gasteiger partial charge in [-0.25, -0.2) is 0 Å². The number of amides is 2. The zero-order chi connectivity index (χ0) is 19.4. The maximum Gasteiger partial charge on any atom is 0.229 e. The fourth-order valence-corrected chi connectivity index (χ4v) is 3.33. The highest BCUT2D eigenvalue weighted by molar-refractivity contribution is 5.97. The molecule has 2 aromatic carbocycles. The van der Waals surface area contributed by atoms with Crippen molar-refractivity contribution in [3.8, 4) is 11.5 Å². The first-order valence-electron chi connectivity index (χ1n) is 8.87. The molecule has 27 heavy (non-hydrogen) atoms. The molecule has 1 atom stereocenters. The Morgan fingerprint density at radius 2 is 1.93 bits per heavy atom. The number of aryl methyl sites for hydroxylation is 1. The van der Waals surface area contributed by atoms with Gasteiger partial charge in [0.2, 0.25) is 11.8 Å². The fraction of sp³-hybridized carbons (Fsp3) is 0.333. The van der Waals surface area contributed by atoms with E-state index in [-0.39, 0.29) is 24.3 Å². The number of hydrogen-bond acceptors (Lipinski definition) is 4. The topological polar surface area (TPSA) is 67.9 Å². The summed E-state index contributed by atoms with van der Waals surface area (Å²) in [6, 6.07) is 13.0. The van der Waals surface area contributed by atoms with Crippen molar-refractivity contribution in [3.05, 3.63) is 53.6 Å². The summed E-state index contributed by atoms with van der Waals surface area (Å²) in [6.45, 7) is 2.44. The summed E-state index contributed by atoms with van der Waals surface area (Å²) in [7, 11) is 3.13. The zero-order valence-corrected chi connectivity index (χ0v) is 15.8. The number of nitrogens with one attached hydrogen (secondary N) is 1. The third-order valence-electron chi connectivity index (χ3n) is 4.62. The summed E-state index contributed by atoms with van der Waals surface area (Å²) in [5.74, 6) is 1.07. The maximum atomic E-state index is 12.4. The Kier molecular flexibility index (Phi) is 5.64. The number of ether oxygens (including phenoxy) is 2. The number of anilines is 1. The van der Waals surface area contributed by atoms with E-state index in [0.717, 1.165) is 16.8 Å². The number of carbonyl (C=O) groups excluding carboxylic acids is 2. The van der Waals surface area contributed by atoms with Gasteiger partial charge in [0, 0.05) is 24.7 Å². The van der Waals surface area contributed by atoms with E-state index in [2.05, 4.69) is 5.32 Å². The highest BCUT2D eigenvalue weighted by Crippen LogP contribution is 2.33. The number of nitrogens with zero attached hydrogens (tertiary/aromatic N) is 1. The minimum Gasteiger partial charge on any atom is -0.493 e. The van der Waals surface area contributed by atoms with Gasteiger partial charge in [0.15, 0.2) is 11.5 Å². The van der Waals surface area contributed by atoms with Crippen LogP contribution in [0.4, 0.5) is 5.69 Å². The predicted molar refractivity (Wildman–Crippen MR) is 103 cm³/mol. The molecule has 2 aromatic rings. The maximum absolute atomic E-state index is 12.4. The average Bonchev–Trinajstić information content (AvgIpc) is 3.01. The van der Waals surface area contributed by atoms with E-state index in [4.69, 9.17) is 9.47 Å². The van der Waals surface area contributed by atoms with Gasteiger partial charge in [0.25, 0.3) is 0 Å². The van der Waals surface area contributed by atoms with Crippen LogP contribution < -0.4 is 19.7 Å². The molecular formula is C21H24N2O4. The van der Waals surface area contributed by atoms with Crippen molar-refractivity contribution < 1.29 is 19.1 Å². The van der Waals surface area contributed by atoms with Crippen LogP contribution in [0, 0.1) is 6.92 Å². The Balaban J connectivity index is 1.64. The average molecular weight is 368 g/mol. The number of hydrogen-bond donors (Lipinski definition) is 1. The molecule has 0 bridgehead atoms. The molecule has 6 heteroatoms. The summed E-state index contributed by atoms with van der Waals surface area (Å²) >= 11 is 0. The molecule has 1 heterocycles. The van der Waals surface area contributed by atoms with Crippen LogP contribution in [0.1, 0.15) is 17.5 Å². The highest BCUT2D eigenvalue weighted by Gasteiger charge is 2.32. The van der Waals surface area contributed by atoms with Crippen LogP contribution in [0.15, 0.2) is 42.5 Å². The minimum atomic E-state index is -0.206. The SMILES string of the molecule is COc1ccc(N2C[C@@H](NC(=O)Cc3cccc(C)c3)CC2=O)cc1OC. The lowest BCUT2D eigenvalue weighted by atomic mass is 10.1. The highest BCUT2D eigenvalue weighted by atomic mass is 16.5. The predicted octanol–water partition coefficient (Wildman–Crippen LogP) is 2.48. The lowest BCUT2D eigenvalue weighted by Gasteiger charge is -2.19. The second kappa shape index (κ2) is 8.12. The zero-order valence-electron chi connectivity index (χ0n) is 15.8. The monoisotopic (exact) mass is 368 g/mol. The van der Waals surface area contributed by atoms with Gasteiger partial charge < -0.3 is 19.7 Å². The molecule has 1 aliphatic heterocycles. The molecule has 1 fully saturated rings. The Bertz CT molecular complexity index is 850. The summed E-state index contributed by atoms with van der Waals surface area (Å²) in [4.78, 5) is 26.4. The van der Waals surface area contributed by atoms with E-state index < -0.39 is 0 Å². The van der Waals surface area contributed by atoms with Crippen LogP contribution in [-0.2, 0) is 16.0 Å². The Morgan fingerprint density at radius 1 is 1.15 bits per heavy atom. The van der Waals surface area contributed by atoms with Crippen molar-refractivity contribution in [2.24, 2.45) is 0 Å². The molecule has 3 rings (SSSR count). The minimum absolute atomic E-state index is 0.0249. The third kappa shape index (κ3) is 4.39. The van der Waals surface area contributed by atoms with Crippen molar-refractivity contribution in [2.45, 2.75) is 25.8 Å². The van der Waals surface area contributed by atoms with Crippen molar-refractivity contribution in [1.82, 2.24) is 5.32 Å². The van der Waals surface area contributed by atoms with Crippen LogP contribution >= 0.6 is 0 Å². The van der Waals surface area contributed by atoms with Gasteiger partial charge in [-0.3, -0.25) is 9.59 Å². The molecule has 0 saturated carbocycles. The Morgan fingerprint density at radius 3 is 2.63 bits per heavy atom. The molecule has 1 N–H and O–H groups in total. The smallest absolute Gasteiger partial charge is 0.229 e. The Labute approximate surface area is 159 Å². The quantitative estimate of drug-likeness (QED) is 0.851. The van der Waals surface area contributed by atoms with Crippen LogP contribution in [0.2, 0.25) is 0 Å². The first-order valence-corrected chi connectivity index (χ1v) is 8.87. The number of carbonyl (C=O) groups is 2. The van der Waals surface area contributed by atoms with Crippen LogP contribution in [0.3, 0.4) is 0 Å². The molecule has 0 aromatic heterocycles. The van der Waals surface area contributed by atoms with Crippen molar-refractivity contribution in [1.29, 1.82) is 0 Å². The molecular weight excluding hydrogens is 344 g/mol. The Hall–Kier alpha value is -3.02. The third-order valence-corrected chi connectivity index (χ3v) is 4.62. The molecule has 0 spiro atoms. The van der Waals surface area contributed by atoms with Gasteiger partial charge in [-0.1, -0.05) is 29.8 Å². The summed E-state index contributed by atoms with van der Waals surface area (Å²) in [5.41, 5.74) is 2.82. The second-order valence-electron chi connectivity index (χ2n) is 6.68. The van der Waals surface area contributed by atoms with E-state index >= 15 is 0 Å². The fourth-order valence-electron chi connectivity index (χ4n) is 3.33. The van der Waals surface area contributed by atoms with Crippen molar-refractivity contribution >= 4 is 17.5 Å². The first kappa shape index (κ1) is 18.8. The van der Waals surface area contributed by atoms with Gasteiger partial charge in [-0.2, -0.15) is 0 Å². The van der Waals surface area contributed by atoms with E-state index in [1.807, 2.05) is 37.3 Å². The molecule has 1 aliphatic rings. The van der Waals surface area contributed by atoms with Crippen molar-refractivity contribution in [2.75, 3.05) is 25.7 Å². The van der Waals surface area contributed by atoms with E-state index in [1.54, 1.807) is 31.3 Å². The van der Waals surface area contributed by atoms with E-state index in [9.17, 15) is 9.59 Å². The standard InChI is InChI=1S/C21H24N2O4/c1-14-5-4-6-15(9-14)10-20(24)22-16-11-21(25)23(13-16)17-7-8-18(26-2)19(12-17)27-3/h4-9,12,16H,10-11,13H2,1-3H3,(H,22,24)/t16-/m0/s1. The molecule has 0 radical (unpaired) electrons. The molecule has 142 valence electrons. The van der Waals surface area contributed by atoms with Gasteiger partial charge in [-0.05, 0) is 24.6 Å². The lowest BCUT2D eigenvalue weighted by molar-refractivity contribution is -0.121. The van der Waals surface area contributed by atoms with Gasteiger partial charge >= 0.3 is 0 Å². The molecule has 2 amide bonds. The van der Waals surface area contributed by atoms with Crippen LogP contribution in [-0.4, -0.2) is 38.6 Å². The van der Waals surface area contributed by atoms with E-state index in [1.165, 1.54) is 0 Å². The number of rotatable bonds is 6. The number of benzene rings is 2. The van der Waals surface area contributed by atoms with Crippen LogP contribution in [0.5, 0.6) is 11.5 Å². The largest absolute Gasteiger partial charge is 0.493 e. The summed E-state index contributed by atoms with van der Waals surface area (Å²) in [5, 5.41) is 2.97. The normalized spacial score (nSPS) is 16.3. The van der Waals surface area contributed by atoms with Gasteiger partial charge in [0.1, 0.15) is 0 Å². The van der Waals surface area contributed by atoms with Gasteiger partial charge in [0.05, 0.1) is 26.7 Å². The molecule has 0 aliphatic carbocycles. The van der Waals surface area contributed by atoms with Crippen molar-refractivity contribution in [3.63, 3.8) is 0 Å². The summed E-state index contributed by atoms with van der Waals surface area (Å²) in [6.07, 6.45) is 0.594. The second-order valence-corrected chi connectivity index (χ2v) is 6.68. The summed E-state index contributed by atoms with van der Waals surface area (Å²) < 4.78 is 10.5. The molecule has 0 unspecified atom stereocenters. The first-order chi connectivity index (χ1) is 13.0. The van der Waals surface area contributed by atoms with Gasteiger partial charge in [-0.15, -0.1) is 0 Å². The lowest BCUT2D eigenvalue weighted by Crippen LogP contribution is -2.38. The number of methoxy groups -OCH3 is 2. The van der Waals surface area contributed by atoms with Crippen LogP contribution in [0.25, 0.3) is 0 Å². The molecule has 6 nitrogen and oxygen atoms in total.